The molecule has 6 heteroatoms. The summed E-state index contributed by atoms with van der Waals surface area (Å²) in [7, 11) is 0. The number of benzene rings is 1. The molecule has 0 aliphatic rings. The first-order valence-corrected chi connectivity index (χ1v) is 7.06. The molecule has 0 saturated carbocycles. The van der Waals surface area contributed by atoms with Crippen LogP contribution < -0.4 is 5.56 Å². The van der Waals surface area contributed by atoms with Crippen molar-refractivity contribution in [3.63, 3.8) is 0 Å². The molecule has 0 spiro atoms. The molecule has 1 N–H and O–H groups in total. The summed E-state index contributed by atoms with van der Waals surface area (Å²) in [4.78, 5) is 19.3. The Morgan fingerprint density at radius 2 is 2.17 bits per heavy atom. The molecule has 3 rings (SSSR count). The van der Waals surface area contributed by atoms with Gasteiger partial charge in [-0.3, -0.25) is 4.79 Å². The third kappa shape index (κ3) is 1.98. The Bertz CT molecular complexity index is 796. The molecule has 2 aromatic heterocycles. The number of halogens is 2. The van der Waals surface area contributed by atoms with Crippen LogP contribution in [0.15, 0.2) is 39.9 Å². The van der Waals surface area contributed by atoms with E-state index in [1.165, 1.54) is 17.7 Å². The van der Waals surface area contributed by atoms with Gasteiger partial charge in [-0.15, -0.1) is 11.3 Å². The molecule has 0 radical (unpaired) electrons. The van der Waals surface area contributed by atoms with Crippen LogP contribution in [0.5, 0.6) is 0 Å². The third-order valence-corrected chi connectivity index (χ3v) is 4.48. The third-order valence-electron chi connectivity index (χ3n) is 2.51. The molecule has 0 bridgehead atoms. The Kier molecular flexibility index (Phi) is 2.97. The van der Waals surface area contributed by atoms with E-state index in [0.717, 1.165) is 14.9 Å². The summed E-state index contributed by atoms with van der Waals surface area (Å²) in [6, 6.07) is 7.55. The molecule has 0 fully saturated rings. The maximum absolute atomic E-state index is 11.6. The predicted molar refractivity (Wildman–Crippen MR) is 78.4 cm³/mol. The number of fused-ring (bicyclic) bond motifs is 1. The first-order chi connectivity index (χ1) is 8.65. The number of thiophene rings is 1. The number of nitrogens with one attached hydrogen (secondary N) is 1. The molecule has 18 heavy (non-hydrogen) atoms. The van der Waals surface area contributed by atoms with Crippen LogP contribution >= 0.6 is 38.9 Å². The number of H-pyrrole nitrogens is 1. The molecule has 0 saturated heterocycles. The Labute approximate surface area is 120 Å². The van der Waals surface area contributed by atoms with Crippen molar-refractivity contribution in [2.45, 2.75) is 0 Å². The summed E-state index contributed by atoms with van der Waals surface area (Å²) < 4.78 is 1.54. The zero-order chi connectivity index (χ0) is 12.7. The van der Waals surface area contributed by atoms with Crippen LogP contribution in [0.2, 0.25) is 5.02 Å². The van der Waals surface area contributed by atoms with Crippen LogP contribution in [-0.2, 0) is 0 Å². The number of hydrogen-bond donors (Lipinski definition) is 1. The topological polar surface area (TPSA) is 45.8 Å². The first kappa shape index (κ1) is 11.9. The largest absolute Gasteiger partial charge is 0.312 e. The van der Waals surface area contributed by atoms with E-state index in [2.05, 4.69) is 25.9 Å². The Balaban J connectivity index is 2.26. The first-order valence-electron chi connectivity index (χ1n) is 5.08. The lowest BCUT2D eigenvalue weighted by atomic mass is 10.2. The van der Waals surface area contributed by atoms with Gasteiger partial charge >= 0.3 is 0 Å². The molecule has 0 aliphatic carbocycles. The summed E-state index contributed by atoms with van der Waals surface area (Å²) >= 11 is 11.0. The highest BCUT2D eigenvalue weighted by atomic mass is 79.9. The van der Waals surface area contributed by atoms with Gasteiger partial charge in [0.2, 0.25) is 0 Å². The quantitative estimate of drug-likeness (QED) is 0.725. The molecule has 1 aromatic carbocycles. The molecule has 0 amide bonds. The summed E-state index contributed by atoms with van der Waals surface area (Å²) in [5.74, 6) is 0. The minimum absolute atomic E-state index is 0.121. The summed E-state index contributed by atoms with van der Waals surface area (Å²) in [5.41, 5.74) is 1.48. The highest BCUT2D eigenvalue weighted by molar-refractivity contribution is 9.10. The highest BCUT2D eigenvalue weighted by Crippen LogP contribution is 2.36. The minimum Gasteiger partial charge on any atom is -0.312 e. The maximum atomic E-state index is 11.6. The van der Waals surface area contributed by atoms with E-state index < -0.39 is 0 Å². The molecule has 90 valence electrons. The number of hydrogen-bond acceptors (Lipinski definition) is 3. The van der Waals surface area contributed by atoms with E-state index in [-0.39, 0.29) is 5.56 Å². The summed E-state index contributed by atoms with van der Waals surface area (Å²) in [6.45, 7) is 0. The Hall–Kier alpha value is -1.17. The van der Waals surface area contributed by atoms with E-state index in [0.29, 0.717) is 15.2 Å². The van der Waals surface area contributed by atoms with Crippen molar-refractivity contribution in [2.75, 3.05) is 0 Å². The number of nitrogens with zero attached hydrogens (tertiary/aromatic N) is 1. The van der Waals surface area contributed by atoms with E-state index in [1.54, 1.807) is 0 Å². The van der Waals surface area contributed by atoms with Crippen LogP contribution in [-0.4, -0.2) is 9.97 Å². The van der Waals surface area contributed by atoms with Crippen molar-refractivity contribution >= 4 is 49.1 Å². The summed E-state index contributed by atoms with van der Waals surface area (Å²) in [6.07, 6.45) is 1.41. The number of rotatable bonds is 1. The average molecular weight is 342 g/mol. The standard InChI is InChI=1S/C12H6BrClN2OS/c13-6-1-2-7(8(14)3-6)10-4-9-11(18-10)12(17)16-5-15-9/h1-5H,(H,15,16,17). The minimum atomic E-state index is -0.121. The lowest BCUT2D eigenvalue weighted by Gasteiger charge is -2.00. The zero-order valence-electron chi connectivity index (χ0n) is 8.91. The van der Waals surface area contributed by atoms with Crippen LogP contribution in [0.25, 0.3) is 20.7 Å². The average Bonchev–Trinajstić information content (AvgIpc) is 2.74. The van der Waals surface area contributed by atoms with Gasteiger partial charge in [-0.1, -0.05) is 33.6 Å². The molecular weight excluding hydrogens is 336 g/mol. The number of aromatic amines is 1. The molecule has 0 atom stereocenters. The van der Waals surface area contributed by atoms with Gasteiger partial charge in [-0.25, -0.2) is 4.98 Å². The Morgan fingerprint density at radius 3 is 2.89 bits per heavy atom. The zero-order valence-corrected chi connectivity index (χ0v) is 12.1. The second kappa shape index (κ2) is 4.50. The summed E-state index contributed by atoms with van der Waals surface area (Å²) in [5, 5.41) is 0.646. The highest BCUT2D eigenvalue weighted by Gasteiger charge is 2.10. The van der Waals surface area contributed by atoms with Crippen LogP contribution in [0.4, 0.5) is 0 Å². The fraction of sp³-hybridized carbons (Fsp3) is 0. The smallest absolute Gasteiger partial charge is 0.268 e. The van der Waals surface area contributed by atoms with Gasteiger partial charge in [0.1, 0.15) is 4.70 Å². The van der Waals surface area contributed by atoms with Gasteiger partial charge < -0.3 is 4.98 Å². The monoisotopic (exact) mass is 340 g/mol. The molecule has 3 aromatic rings. The molecule has 2 heterocycles. The van der Waals surface area contributed by atoms with Gasteiger partial charge in [-0.05, 0) is 18.2 Å². The maximum Gasteiger partial charge on any atom is 0.268 e. The van der Waals surface area contributed by atoms with Crippen LogP contribution in [0, 0.1) is 0 Å². The van der Waals surface area contributed by atoms with E-state index in [1.807, 2.05) is 24.3 Å². The molecule has 0 aliphatic heterocycles. The fourth-order valence-corrected chi connectivity index (χ4v) is 3.57. The predicted octanol–water partition coefficient (Wildman–Crippen LogP) is 4.07. The SMILES string of the molecule is O=c1[nH]cnc2cc(-c3ccc(Br)cc3Cl)sc12. The van der Waals surface area contributed by atoms with Crippen molar-refractivity contribution in [1.29, 1.82) is 0 Å². The molecule has 0 unspecified atom stereocenters. The van der Waals surface area contributed by atoms with Crippen LogP contribution in [0.3, 0.4) is 0 Å². The van der Waals surface area contributed by atoms with E-state index >= 15 is 0 Å². The number of aromatic nitrogens is 2. The van der Waals surface area contributed by atoms with Crippen molar-refractivity contribution < 1.29 is 0 Å². The van der Waals surface area contributed by atoms with Gasteiger partial charge in [0.25, 0.3) is 5.56 Å². The van der Waals surface area contributed by atoms with Gasteiger partial charge in [0.05, 0.1) is 16.9 Å². The Morgan fingerprint density at radius 1 is 1.33 bits per heavy atom. The molecular formula is C12H6BrClN2OS. The van der Waals surface area contributed by atoms with Crippen LogP contribution in [0.1, 0.15) is 0 Å². The normalized spacial score (nSPS) is 11.0. The van der Waals surface area contributed by atoms with Crippen molar-refractivity contribution in [3.8, 4) is 10.4 Å². The van der Waals surface area contributed by atoms with Crippen molar-refractivity contribution in [3.05, 3.63) is 50.4 Å². The second-order valence-electron chi connectivity index (χ2n) is 3.68. The van der Waals surface area contributed by atoms with Gasteiger partial charge in [0.15, 0.2) is 0 Å². The van der Waals surface area contributed by atoms with Crippen molar-refractivity contribution in [1.82, 2.24) is 9.97 Å². The lowest BCUT2D eigenvalue weighted by Crippen LogP contribution is -2.02. The van der Waals surface area contributed by atoms with E-state index in [4.69, 9.17) is 11.6 Å². The van der Waals surface area contributed by atoms with Gasteiger partial charge in [0, 0.05) is 14.9 Å². The molecule has 3 nitrogen and oxygen atoms in total. The lowest BCUT2D eigenvalue weighted by molar-refractivity contribution is 1.18. The fourth-order valence-electron chi connectivity index (χ4n) is 1.69. The second-order valence-corrected chi connectivity index (χ2v) is 6.06. The van der Waals surface area contributed by atoms with Gasteiger partial charge in [-0.2, -0.15) is 0 Å². The van der Waals surface area contributed by atoms with E-state index in [9.17, 15) is 4.79 Å². The van der Waals surface area contributed by atoms with Crippen molar-refractivity contribution in [2.24, 2.45) is 0 Å².